The number of hydrogen-bond acceptors (Lipinski definition) is 4. The molecule has 0 fully saturated rings. The van der Waals surface area contributed by atoms with Gasteiger partial charge in [0.25, 0.3) is 0 Å². The van der Waals surface area contributed by atoms with Crippen molar-refractivity contribution in [3.63, 3.8) is 0 Å². The first-order valence-electron chi connectivity index (χ1n) is 5.56. The van der Waals surface area contributed by atoms with Gasteiger partial charge in [0.1, 0.15) is 11.6 Å². The first-order valence-corrected chi connectivity index (χ1v) is 6.73. The molecule has 0 unspecified atom stereocenters. The molecule has 1 N–H and O–H groups in total. The van der Waals surface area contributed by atoms with E-state index in [1.165, 1.54) is 18.2 Å². The summed E-state index contributed by atoms with van der Waals surface area (Å²) in [6.45, 7) is 1.74. The van der Waals surface area contributed by atoms with Gasteiger partial charge in [0.05, 0.1) is 4.47 Å². The van der Waals surface area contributed by atoms with Crippen molar-refractivity contribution < 1.29 is 17.9 Å². The van der Waals surface area contributed by atoms with Crippen LogP contribution in [0.25, 0.3) is 0 Å². The highest BCUT2D eigenvalue weighted by Gasteiger charge is 2.31. The maximum absolute atomic E-state index is 12.2. The Kier molecular flexibility index (Phi) is 4.58. The average Bonchev–Trinajstić information content (AvgIpc) is 2.30. The number of halogens is 5. The highest BCUT2D eigenvalue weighted by Crippen LogP contribution is 2.33. The quantitative estimate of drug-likeness (QED) is 0.772. The molecule has 112 valence electrons. The molecule has 0 aliphatic rings. The second-order valence-electron chi connectivity index (χ2n) is 3.98. The van der Waals surface area contributed by atoms with E-state index >= 15 is 0 Å². The Hall–Kier alpha value is -1.54. The standard InChI is InChI=1S/C12H8BrClF3N3O/c1-6-4-10(20-11(14)18-6)19-7-2-3-9(8(13)5-7)21-12(15,16)17/h2-5H,1H3,(H,18,19,20). The van der Waals surface area contributed by atoms with Gasteiger partial charge in [-0.3, -0.25) is 0 Å². The van der Waals surface area contributed by atoms with Gasteiger partial charge in [-0.25, -0.2) is 9.97 Å². The van der Waals surface area contributed by atoms with Crippen molar-refractivity contribution in [2.24, 2.45) is 0 Å². The predicted molar refractivity (Wildman–Crippen MR) is 75.9 cm³/mol. The number of ether oxygens (including phenoxy) is 1. The first kappa shape index (κ1) is 15.8. The maximum Gasteiger partial charge on any atom is 0.573 e. The molecule has 0 amide bonds. The molecule has 1 aromatic heterocycles. The number of nitrogens with zero attached hydrogens (tertiary/aromatic N) is 2. The maximum atomic E-state index is 12.2. The summed E-state index contributed by atoms with van der Waals surface area (Å²) in [6, 6.07) is 5.71. The molecule has 1 heterocycles. The third-order valence-electron chi connectivity index (χ3n) is 2.26. The summed E-state index contributed by atoms with van der Waals surface area (Å²) in [5, 5.41) is 2.99. The van der Waals surface area contributed by atoms with Crippen LogP contribution in [0.5, 0.6) is 5.75 Å². The van der Waals surface area contributed by atoms with Crippen molar-refractivity contribution in [2.75, 3.05) is 5.32 Å². The summed E-state index contributed by atoms with van der Waals surface area (Å²) in [7, 11) is 0. The molecular weight excluding hydrogens is 375 g/mol. The molecule has 0 radical (unpaired) electrons. The molecule has 1 aromatic carbocycles. The van der Waals surface area contributed by atoms with Crippen LogP contribution in [0.4, 0.5) is 24.7 Å². The minimum atomic E-state index is -4.74. The van der Waals surface area contributed by atoms with Crippen LogP contribution in [0, 0.1) is 6.92 Å². The van der Waals surface area contributed by atoms with Crippen LogP contribution >= 0.6 is 27.5 Å². The van der Waals surface area contributed by atoms with Crippen molar-refractivity contribution >= 4 is 39.0 Å². The molecule has 0 atom stereocenters. The van der Waals surface area contributed by atoms with Crippen LogP contribution in [-0.4, -0.2) is 16.3 Å². The van der Waals surface area contributed by atoms with Gasteiger partial charge >= 0.3 is 6.36 Å². The van der Waals surface area contributed by atoms with Crippen LogP contribution in [0.1, 0.15) is 5.69 Å². The predicted octanol–water partition coefficient (Wildman–Crippen LogP) is 4.84. The number of nitrogens with one attached hydrogen (secondary N) is 1. The fourth-order valence-corrected chi connectivity index (χ4v) is 2.21. The van der Waals surface area contributed by atoms with Gasteiger partial charge in [-0.05, 0) is 52.7 Å². The van der Waals surface area contributed by atoms with Gasteiger partial charge in [-0.1, -0.05) is 0 Å². The molecule has 4 nitrogen and oxygen atoms in total. The number of aryl methyl sites for hydroxylation is 1. The van der Waals surface area contributed by atoms with Crippen molar-refractivity contribution in [2.45, 2.75) is 13.3 Å². The number of aromatic nitrogens is 2. The van der Waals surface area contributed by atoms with Crippen molar-refractivity contribution in [3.8, 4) is 5.75 Å². The van der Waals surface area contributed by atoms with E-state index in [9.17, 15) is 13.2 Å². The van der Waals surface area contributed by atoms with E-state index in [0.29, 0.717) is 17.2 Å². The first-order chi connectivity index (χ1) is 9.73. The summed E-state index contributed by atoms with van der Waals surface area (Å²) < 4.78 is 40.5. The molecule has 0 saturated carbocycles. The van der Waals surface area contributed by atoms with E-state index in [1.807, 2.05) is 0 Å². The molecule has 21 heavy (non-hydrogen) atoms. The topological polar surface area (TPSA) is 47.0 Å². The summed E-state index contributed by atoms with van der Waals surface area (Å²) >= 11 is 8.75. The van der Waals surface area contributed by atoms with Gasteiger partial charge < -0.3 is 10.1 Å². The van der Waals surface area contributed by atoms with Crippen molar-refractivity contribution in [1.29, 1.82) is 0 Å². The number of alkyl halides is 3. The summed E-state index contributed by atoms with van der Waals surface area (Å²) in [5.74, 6) is 0.105. The molecular formula is C12H8BrClF3N3O. The number of anilines is 2. The molecule has 9 heteroatoms. The van der Waals surface area contributed by atoms with Crippen LogP contribution in [0.15, 0.2) is 28.7 Å². The highest BCUT2D eigenvalue weighted by molar-refractivity contribution is 9.10. The van der Waals surface area contributed by atoms with Gasteiger partial charge in [0, 0.05) is 17.4 Å². The minimum Gasteiger partial charge on any atom is -0.405 e. The third kappa shape index (κ3) is 4.75. The lowest BCUT2D eigenvalue weighted by Crippen LogP contribution is -2.17. The van der Waals surface area contributed by atoms with Crippen molar-refractivity contribution in [1.82, 2.24) is 9.97 Å². The lowest BCUT2D eigenvalue weighted by atomic mass is 10.3. The van der Waals surface area contributed by atoms with Gasteiger partial charge in [0.2, 0.25) is 5.28 Å². The lowest BCUT2D eigenvalue weighted by molar-refractivity contribution is -0.274. The van der Waals surface area contributed by atoms with Gasteiger partial charge in [-0.15, -0.1) is 13.2 Å². The van der Waals surface area contributed by atoms with Gasteiger partial charge in [0.15, 0.2) is 0 Å². The van der Waals surface area contributed by atoms with E-state index in [-0.39, 0.29) is 15.5 Å². The highest BCUT2D eigenvalue weighted by atomic mass is 79.9. The molecule has 2 aromatic rings. The lowest BCUT2D eigenvalue weighted by Gasteiger charge is -2.12. The van der Waals surface area contributed by atoms with Crippen LogP contribution < -0.4 is 10.1 Å². The molecule has 0 saturated heterocycles. The Morgan fingerprint density at radius 2 is 1.95 bits per heavy atom. The second-order valence-corrected chi connectivity index (χ2v) is 5.17. The molecule has 2 rings (SSSR count). The smallest absolute Gasteiger partial charge is 0.405 e. The fraction of sp³-hybridized carbons (Fsp3) is 0.167. The molecule has 0 aliphatic carbocycles. The largest absolute Gasteiger partial charge is 0.573 e. The SMILES string of the molecule is Cc1cc(Nc2ccc(OC(F)(F)F)c(Br)c2)nc(Cl)n1. The second kappa shape index (κ2) is 6.07. The van der Waals surface area contributed by atoms with Crippen molar-refractivity contribution in [3.05, 3.63) is 39.7 Å². The third-order valence-corrected chi connectivity index (χ3v) is 3.05. The van der Waals surface area contributed by atoms with E-state index in [4.69, 9.17) is 11.6 Å². The fourth-order valence-electron chi connectivity index (χ4n) is 1.53. The van der Waals surface area contributed by atoms with Crippen LogP contribution in [-0.2, 0) is 0 Å². The number of rotatable bonds is 3. The Morgan fingerprint density at radius 3 is 2.52 bits per heavy atom. The summed E-state index contributed by atoms with van der Waals surface area (Å²) in [4.78, 5) is 7.87. The zero-order valence-electron chi connectivity index (χ0n) is 10.5. The average molecular weight is 383 g/mol. The number of benzene rings is 1. The Balaban J connectivity index is 2.20. The Labute approximate surface area is 131 Å². The molecule has 0 bridgehead atoms. The summed E-state index contributed by atoms with van der Waals surface area (Å²) in [5.41, 5.74) is 1.18. The van der Waals surface area contributed by atoms with E-state index in [0.717, 1.165) is 0 Å². The molecule has 0 aliphatic heterocycles. The van der Waals surface area contributed by atoms with E-state index in [1.54, 1.807) is 13.0 Å². The minimum absolute atomic E-state index is 0.0774. The normalized spacial score (nSPS) is 11.3. The zero-order chi connectivity index (χ0) is 15.6. The van der Waals surface area contributed by atoms with E-state index < -0.39 is 6.36 Å². The number of hydrogen-bond donors (Lipinski definition) is 1. The van der Waals surface area contributed by atoms with Crippen LogP contribution in [0.3, 0.4) is 0 Å². The zero-order valence-corrected chi connectivity index (χ0v) is 12.8. The molecule has 0 spiro atoms. The Morgan fingerprint density at radius 1 is 1.24 bits per heavy atom. The monoisotopic (exact) mass is 381 g/mol. The van der Waals surface area contributed by atoms with Gasteiger partial charge in [-0.2, -0.15) is 0 Å². The van der Waals surface area contributed by atoms with Crippen LogP contribution in [0.2, 0.25) is 5.28 Å². The summed E-state index contributed by atoms with van der Waals surface area (Å²) in [6.07, 6.45) is -4.74. The Bertz CT molecular complexity index is 646. The van der Waals surface area contributed by atoms with E-state index in [2.05, 4.69) is 36.0 Å².